The predicted molar refractivity (Wildman–Crippen MR) is 117 cm³/mol. The minimum absolute atomic E-state index is 0.00667. The second kappa shape index (κ2) is 9.22. The van der Waals surface area contributed by atoms with Crippen LogP contribution in [0.2, 0.25) is 0 Å². The van der Waals surface area contributed by atoms with Crippen molar-refractivity contribution >= 4 is 23.6 Å². The molecule has 1 N–H and O–H groups in total. The Morgan fingerprint density at radius 1 is 1.00 bits per heavy atom. The van der Waals surface area contributed by atoms with Gasteiger partial charge in [-0.3, -0.25) is 9.59 Å². The van der Waals surface area contributed by atoms with Crippen LogP contribution in [-0.2, 0) is 9.59 Å². The molecule has 0 unspecified atom stereocenters. The van der Waals surface area contributed by atoms with E-state index in [-0.39, 0.29) is 17.7 Å². The number of amides is 2. The molecule has 30 heavy (non-hydrogen) atoms. The smallest absolute Gasteiger partial charge is 0.246 e. The summed E-state index contributed by atoms with van der Waals surface area (Å²) in [5.74, 6) is -0.0782. The van der Waals surface area contributed by atoms with E-state index in [4.69, 9.17) is 0 Å². The van der Waals surface area contributed by atoms with Crippen molar-refractivity contribution in [2.24, 2.45) is 5.92 Å². The first-order valence-electron chi connectivity index (χ1n) is 10.1. The summed E-state index contributed by atoms with van der Waals surface area (Å²) in [6, 6.07) is 17.4. The molecule has 4 rings (SSSR count). The highest BCUT2D eigenvalue weighted by molar-refractivity contribution is 5.94. The summed E-state index contributed by atoms with van der Waals surface area (Å²) >= 11 is 0. The van der Waals surface area contributed by atoms with Crippen LogP contribution < -0.4 is 5.32 Å². The average molecular weight is 400 g/mol. The molecular formula is C24H24N4O2. The fourth-order valence-electron chi connectivity index (χ4n) is 3.57. The summed E-state index contributed by atoms with van der Waals surface area (Å²) in [7, 11) is 0. The molecular weight excluding hydrogens is 376 g/mol. The molecule has 152 valence electrons. The number of piperidine rings is 1. The zero-order valence-electron chi connectivity index (χ0n) is 16.6. The van der Waals surface area contributed by atoms with E-state index >= 15 is 0 Å². The summed E-state index contributed by atoms with van der Waals surface area (Å²) in [5, 5.41) is 2.99. The van der Waals surface area contributed by atoms with Crippen molar-refractivity contribution in [2.45, 2.75) is 12.8 Å². The minimum atomic E-state index is -0.0829. The summed E-state index contributed by atoms with van der Waals surface area (Å²) in [4.78, 5) is 30.9. The molecule has 0 spiro atoms. The van der Waals surface area contributed by atoms with Crippen molar-refractivity contribution in [1.29, 1.82) is 0 Å². The Bertz CT molecular complexity index is 1000. The summed E-state index contributed by atoms with van der Waals surface area (Å²) < 4.78 is 1.91. The van der Waals surface area contributed by atoms with Crippen molar-refractivity contribution in [2.75, 3.05) is 18.4 Å². The number of benzene rings is 2. The lowest BCUT2D eigenvalue weighted by atomic mass is 9.95. The van der Waals surface area contributed by atoms with Crippen LogP contribution in [0.1, 0.15) is 18.4 Å². The standard InChI is InChI=1S/C24H24N4O2/c29-23(11-6-19-4-2-1-3-5-19)27-15-12-20(13-16-27)24(30)26-21-7-9-22(10-8-21)28-17-14-25-18-28/h1-11,14,17-18,20H,12-13,15-16H2,(H,26,30)/b11-6+. The van der Waals surface area contributed by atoms with Gasteiger partial charge in [0, 0.05) is 48.9 Å². The highest BCUT2D eigenvalue weighted by Gasteiger charge is 2.26. The van der Waals surface area contributed by atoms with Crippen LogP contribution in [0.15, 0.2) is 79.4 Å². The monoisotopic (exact) mass is 400 g/mol. The number of hydrogen-bond donors (Lipinski definition) is 1. The number of carbonyl (C=O) groups excluding carboxylic acids is 2. The first-order chi connectivity index (χ1) is 14.7. The van der Waals surface area contributed by atoms with Gasteiger partial charge in [-0.2, -0.15) is 0 Å². The first-order valence-corrected chi connectivity index (χ1v) is 10.1. The number of nitrogens with one attached hydrogen (secondary N) is 1. The average Bonchev–Trinajstić information content (AvgIpc) is 3.34. The van der Waals surface area contributed by atoms with Crippen molar-refractivity contribution < 1.29 is 9.59 Å². The van der Waals surface area contributed by atoms with E-state index in [9.17, 15) is 9.59 Å². The maximum absolute atomic E-state index is 12.6. The second-order valence-electron chi connectivity index (χ2n) is 7.35. The summed E-state index contributed by atoms with van der Waals surface area (Å²) in [6.45, 7) is 1.19. The molecule has 0 radical (unpaired) electrons. The van der Waals surface area contributed by atoms with Gasteiger partial charge in [0.2, 0.25) is 11.8 Å². The highest BCUT2D eigenvalue weighted by atomic mass is 16.2. The maximum Gasteiger partial charge on any atom is 0.246 e. The van der Waals surface area contributed by atoms with Crippen molar-refractivity contribution in [1.82, 2.24) is 14.5 Å². The predicted octanol–water partition coefficient (Wildman–Crippen LogP) is 3.76. The van der Waals surface area contributed by atoms with Gasteiger partial charge in [0.05, 0.1) is 6.33 Å². The van der Waals surface area contributed by atoms with Gasteiger partial charge < -0.3 is 14.8 Å². The lowest BCUT2D eigenvalue weighted by Crippen LogP contribution is -2.40. The van der Waals surface area contributed by atoms with Crippen LogP contribution >= 0.6 is 0 Å². The molecule has 1 fully saturated rings. The SMILES string of the molecule is O=C(Nc1ccc(-n2ccnc2)cc1)C1CCN(C(=O)/C=C/c2ccccc2)CC1. The lowest BCUT2D eigenvalue weighted by Gasteiger charge is -2.30. The van der Waals surface area contributed by atoms with Gasteiger partial charge in [-0.15, -0.1) is 0 Å². The Balaban J connectivity index is 1.27. The van der Waals surface area contributed by atoms with Gasteiger partial charge in [-0.1, -0.05) is 30.3 Å². The minimum Gasteiger partial charge on any atom is -0.339 e. The third-order valence-corrected chi connectivity index (χ3v) is 5.33. The number of anilines is 1. The maximum atomic E-state index is 12.6. The summed E-state index contributed by atoms with van der Waals surface area (Å²) in [5.41, 5.74) is 2.76. The third kappa shape index (κ3) is 4.84. The second-order valence-corrected chi connectivity index (χ2v) is 7.35. The van der Waals surface area contributed by atoms with E-state index in [0.717, 1.165) is 16.9 Å². The number of hydrogen-bond acceptors (Lipinski definition) is 3. The number of carbonyl (C=O) groups is 2. The van der Waals surface area contributed by atoms with Gasteiger partial charge >= 0.3 is 0 Å². The Morgan fingerprint density at radius 2 is 1.73 bits per heavy atom. The lowest BCUT2D eigenvalue weighted by molar-refractivity contribution is -0.130. The fraction of sp³-hybridized carbons (Fsp3) is 0.208. The molecule has 2 heterocycles. The molecule has 0 atom stereocenters. The van der Waals surface area contributed by atoms with Gasteiger partial charge in [-0.25, -0.2) is 4.98 Å². The molecule has 1 aromatic heterocycles. The molecule has 0 bridgehead atoms. The van der Waals surface area contributed by atoms with E-state index in [1.165, 1.54) is 0 Å². The largest absolute Gasteiger partial charge is 0.339 e. The molecule has 1 aliphatic rings. The van der Waals surface area contributed by atoms with Crippen LogP contribution in [0.5, 0.6) is 0 Å². The Kier molecular flexibility index (Phi) is 6.03. The molecule has 6 nitrogen and oxygen atoms in total. The number of rotatable bonds is 5. The Hall–Kier alpha value is -3.67. The van der Waals surface area contributed by atoms with Gasteiger partial charge in [0.15, 0.2) is 0 Å². The molecule has 1 saturated heterocycles. The van der Waals surface area contributed by atoms with E-state index in [2.05, 4.69) is 10.3 Å². The number of imidazole rings is 1. The molecule has 0 saturated carbocycles. The van der Waals surface area contributed by atoms with Crippen LogP contribution in [-0.4, -0.2) is 39.4 Å². The third-order valence-electron chi connectivity index (χ3n) is 5.33. The van der Waals surface area contributed by atoms with Crippen LogP contribution in [0.25, 0.3) is 11.8 Å². The van der Waals surface area contributed by atoms with Crippen LogP contribution in [0, 0.1) is 5.92 Å². The molecule has 2 aromatic carbocycles. The first kappa shape index (κ1) is 19.6. The normalized spacial score (nSPS) is 14.7. The zero-order valence-corrected chi connectivity index (χ0v) is 16.6. The topological polar surface area (TPSA) is 67.2 Å². The van der Waals surface area contributed by atoms with E-state index in [0.29, 0.717) is 25.9 Å². The molecule has 0 aliphatic carbocycles. The molecule has 6 heteroatoms. The molecule has 3 aromatic rings. The zero-order chi connectivity index (χ0) is 20.8. The van der Waals surface area contributed by atoms with Crippen LogP contribution in [0.4, 0.5) is 5.69 Å². The van der Waals surface area contributed by atoms with Gasteiger partial charge in [0.1, 0.15) is 0 Å². The number of nitrogens with zero attached hydrogens (tertiary/aromatic N) is 3. The van der Waals surface area contributed by atoms with Crippen LogP contribution in [0.3, 0.4) is 0 Å². The molecule has 2 amide bonds. The van der Waals surface area contributed by atoms with Crippen molar-refractivity contribution in [3.63, 3.8) is 0 Å². The van der Waals surface area contributed by atoms with E-state index in [1.54, 1.807) is 18.6 Å². The quantitative estimate of drug-likeness (QED) is 0.663. The van der Waals surface area contributed by atoms with Gasteiger partial charge in [0.25, 0.3) is 0 Å². The highest BCUT2D eigenvalue weighted by Crippen LogP contribution is 2.21. The summed E-state index contributed by atoms with van der Waals surface area (Å²) in [6.07, 6.45) is 10.1. The van der Waals surface area contributed by atoms with Crippen molar-refractivity contribution in [3.8, 4) is 5.69 Å². The van der Waals surface area contributed by atoms with E-state index < -0.39 is 0 Å². The molecule has 1 aliphatic heterocycles. The number of likely N-dealkylation sites (tertiary alicyclic amines) is 1. The van der Waals surface area contributed by atoms with Gasteiger partial charge in [-0.05, 0) is 48.7 Å². The fourth-order valence-corrected chi connectivity index (χ4v) is 3.57. The number of aromatic nitrogens is 2. The van der Waals surface area contributed by atoms with E-state index in [1.807, 2.05) is 76.3 Å². The van der Waals surface area contributed by atoms with Crippen molar-refractivity contribution in [3.05, 3.63) is 85.0 Å². The Morgan fingerprint density at radius 3 is 2.40 bits per heavy atom. The Labute approximate surface area is 175 Å².